The number of benzene rings is 2. The molecular weight excluding hydrogens is 344 g/mol. The van der Waals surface area contributed by atoms with Gasteiger partial charge in [-0.3, -0.25) is 0 Å². The number of aromatic amines is 2. The zero-order valence-corrected chi connectivity index (χ0v) is 14.3. The first-order valence-corrected chi connectivity index (χ1v) is 8.46. The third-order valence-electron chi connectivity index (χ3n) is 4.09. The predicted octanol–water partition coefficient (Wildman–Crippen LogP) is 2.54. The van der Waals surface area contributed by atoms with E-state index in [1.54, 1.807) is 24.4 Å². The Morgan fingerprint density at radius 3 is 2.70 bits per heavy atom. The molecule has 0 radical (unpaired) electrons. The van der Waals surface area contributed by atoms with Crippen molar-refractivity contribution in [2.24, 2.45) is 0 Å². The van der Waals surface area contributed by atoms with Crippen molar-refractivity contribution in [3.05, 3.63) is 76.8 Å². The highest BCUT2D eigenvalue weighted by Crippen LogP contribution is 2.19. The van der Waals surface area contributed by atoms with E-state index in [2.05, 4.69) is 30.6 Å². The fourth-order valence-corrected chi connectivity index (χ4v) is 2.75. The molecule has 0 amide bonds. The number of H-pyrrole nitrogens is 2. The molecular formula is C19H18N6O2. The highest BCUT2D eigenvalue weighted by molar-refractivity contribution is 5.79. The average molecular weight is 362 g/mol. The minimum atomic E-state index is -0.634. The van der Waals surface area contributed by atoms with Crippen molar-refractivity contribution in [2.75, 3.05) is 17.2 Å². The number of imidazole rings is 1. The Bertz CT molecular complexity index is 1110. The van der Waals surface area contributed by atoms with Crippen molar-refractivity contribution < 1.29 is 5.11 Å². The Balaban J connectivity index is 1.44. The van der Waals surface area contributed by atoms with Crippen molar-refractivity contribution in [3.63, 3.8) is 0 Å². The lowest BCUT2D eigenvalue weighted by Gasteiger charge is -2.13. The second-order valence-corrected chi connectivity index (χ2v) is 6.04. The maximum atomic E-state index is 11.3. The third kappa shape index (κ3) is 3.96. The molecule has 0 bridgehead atoms. The van der Waals surface area contributed by atoms with Crippen LogP contribution < -0.4 is 16.3 Å². The molecule has 2 heterocycles. The molecule has 5 N–H and O–H groups in total. The van der Waals surface area contributed by atoms with Gasteiger partial charge >= 0.3 is 5.69 Å². The van der Waals surface area contributed by atoms with Crippen molar-refractivity contribution in [1.29, 1.82) is 0 Å². The normalized spacial score (nSPS) is 12.0. The largest absolute Gasteiger partial charge is 0.387 e. The number of hydrogen-bond donors (Lipinski definition) is 5. The summed E-state index contributed by atoms with van der Waals surface area (Å²) < 4.78 is 0. The number of hydrogen-bond acceptors (Lipinski definition) is 6. The summed E-state index contributed by atoms with van der Waals surface area (Å²) in [5.74, 6) is 1.00. The van der Waals surface area contributed by atoms with Crippen molar-refractivity contribution in [3.8, 4) is 0 Å². The van der Waals surface area contributed by atoms with Crippen LogP contribution in [0, 0.1) is 0 Å². The average Bonchev–Trinajstić information content (AvgIpc) is 3.06. The van der Waals surface area contributed by atoms with Gasteiger partial charge in [0, 0.05) is 18.4 Å². The van der Waals surface area contributed by atoms with E-state index < -0.39 is 6.10 Å². The maximum Gasteiger partial charge on any atom is 0.323 e. The summed E-state index contributed by atoms with van der Waals surface area (Å²) in [5, 5.41) is 16.4. The molecule has 0 fully saturated rings. The molecule has 27 heavy (non-hydrogen) atoms. The fourth-order valence-electron chi connectivity index (χ4n) is 2.75. The van der Waals surface area contributed by atoms with Crippen LogP contribution in [0.2, 0.25) is 0 Å². The summed E-state index contributed by atoms with van der Waals surface area (Å²) in [6.07, 6.45) is 0.994. The topological polar surface area (TPSA) is 119 Å². The van der Waals surface area contributed by atoms with Crippen molar-refractivity contribution in [2.45, 2.75) is 6.10 Å². The zero-order chi connectivity index (χ0) is 18.6. The second-order valence-electron chi connectivity index (χ2n) is 6.04. The van der Waals surface area contributed by atoms with Gasteiger partial charge in [0.05, 0.1) is 17.1 Å². The molecule has 0 spiro atoms. The van der Waals surface area contributed by atoms with Crippen LogP contribution in [0.3, 0.4) is 0 Å². The van der Waals surface area contributed by atoms with Gasteiger partial charge in [0.25, 0.3) is 0 Å². The molecule has 0 saturated carbocycles. The van der Waals surface area contributed by atoms with Gasteiger partial charge in [0.1, 0.15) is 5.82 Å². The van der Waals surface area contributed by atoms with Crippen molar-refractivity contribution in [1.82, 2.24) is 19.9 Å². The van der Waals surface area contributed by atoms with Crippen LogP contribution in [-0.2, 0) is 0 Å². The van der Waals surface area contributed by atoms with Crippen LogP contribution in [0.5, 0.6) is 0 Å². The number of nitrogens with zero attached hydrogens (tertiary/aromatic N) is 2. The van der Waals surface area contributed by atoms with Crippen LogP contribution >= 0.6 is 0 Å². The summed E-state index contributed by atoms with van der Waals surface area (Å²) >= 11 is 0. The van der Waals surface area contributed by atoms with Gasteiger partial charge in [-0.05, 0) is 29.8 Å². The van der Waals surface area contributed by atoms with E-state index in [-0.39, 0.29) is 5.69 Å². The van der Waals surface area contributed by atoms with Gasteiger partial charge in [-0.25, -0.2) is 9.78 Å². The van der Waals surface area contributed by atoms with Gasteiger partial charge in [0.2, 0.25) is 5.95 Å². The molecule has 0 aliphatic carbocycles. The minimum absolute atomic E-state index is 0.249. The maximum absolute atomic E-state index is 11.3. The molecule has 1 atom stereocenters. The monoisotopic (exact) mass is 362 g/mol. The SMILES string of the molecule is O=c1[nH]c2ccc(Nc3nccc(NCC(O)c4ccccc4)n3)cc2[nH]1. The predicted molar refractivity (Wildman–Crippen MR) is 104 cm³/mol. The van der Waals surface area contributed by atoms with E-state index in [0.29, 0.717) is 23.8 Å². The molecule has 2 aromatic carbocycles. The molecule has 4 rings (SSSR count). The molecule has 8 heteroatoms. The Hall–Kier alpha value is -3.65. The minimum Gasteiger partial charge on any atom is -0.387 e. The van der Waals surface area contributed by atoms with Crippen LogP contribution in [0.15, 0.2) is 65.6 Å². The van der Waals surface area contributed by atoms with E-state index >= 15 is 0 Å². The summed E-state index contributed by atoms with van der Waals surface area (Å²) in [6, 6.07) is 16.6. The fraction of sp³-hybridized carbons (Fsp3) is 0.105. The van der Waals surface area contributed by atoms with Crippen LogP contribution in [0.1, 0.15) is 11.7 Å². The smallest absolute Gasteiger partial charge is 0.323 e. The first-order valence-electron chi connectivity index (χ1n) is 8.46. The van der Waals surface area contributed by atoms with Crippen LogP contribution in [0.25, 0.3) is 11.0 Å². The summed E-state index contributed by atoms with van der Waals surface area (Å²) in [5.41, 5.74) is 2.77. The number of nitrogens with one attached hydrogen (secondary N) is 4. The Morgan fingerprint density at radius 2 is 1.85 bits per heavy atom. The quantitative estimate of drug-likeness (QED) is 0.360. The zero-order valence-electron chi connectivity index (χ0n) is 14.3. The van der Waals surface area contributed by atoms with E-state index in [1.165, 1.54) is 0 Å². The summed E-state index contributed by atoms with van der Waals surface area (Å²) in [7, 11) is 0. The first-order chi connectivity index (χ1) is 13.2. The van der Waals surface area contributed by atoms with E-state index in [0.717, 1.165) is 16.8 Å². The molecule has 136 valence electrons. The molecule has 0 aliphatic heterocycles. The first kappa shape index (κ1) is 16.8. The molecule has 0 aliphatic rings. The van der Waals surface area contributed by atoms with E-state index in [4.69, 9.17) is 0 Å². The highest BCUT2D eigenvalue weighted by Gasteiger charge is 2.08. The molecule has 1 unspecified atom stereocenters. The number of aromatic nitrogens is 4. The molecule has 0 saturated heterocycles. The summed E-state index contributed by atoms with van der Waals surface area (Å²) in [6.45, 7) is 0.330. The van der Waals surface area contributed by atoms with Crippen LogP contribution in [-0.4, -0.2) is 31.6 Å². The Labute approximate surface area is 154 Å². The van der Waals surface area contributed by atoms with E-state index in [1.807, 2.05) is 36.4 Å². The molecule has 4 aromatic rings. The standard InChI is InChI=1S/C19H18N6O2/c26-16(12-4-2-1-3-5-12)11-21-17-8-9-20-18(25-17)22-13-6-7-14-15(10-13)24-19(27)23-14/h1-10,16,26H,11H2,(H2,23,24,27)(H2,20,21,22,25). The van der Waals surface area contributed by atoms with Gasteiger partial charge in [0.15, 0.2) is 0 Å². The Morgan fingerprint density at radius 1 is 1.04 bits per heavy atom. The number of fused-ring (bicyclic) bond motifs is 1. The number of rotatable bonds is 6. The number of aliphatic hydroxyl groups excluding tert-OH is 1. The van der Waals surface area contributed by atoms with Gasteiger partial charge in [-0.1, -0.05) is 30.3 Å². The highest BCUT2D eigenvalue weighted by atomic mass is 16.3. The number of aliphatic hydroxyl groups is 1. The molecule has 2 aromatic heterocycles. The lowest BCUT2D eigenvalue weighted by molar-refractivity contribution is 0.191. The second kappa shape index (κ2) is 7.30. The van der Waals surface area contributed by atoms with Crippen molar-refractivity contribution >= 4 is 28.5 Å². The molecule has 8 nitrogen and oxygen atoms in total. The van der Waals surface area contributed by atoms with Gasteiger partial charge < -0.3 is 25.7 Å². The third-order valence-corrected chi connectivity index (χ3v) is 4.09. The Kier molecular flexibility index (Phi) is 4.54. The van der Waals surface area contributed by atoms with Gasteiger partial charge in [-0.2, -0.15) is 4.98 Å². The number of anilines is 3. The van der Waals surface area contributed by atoms with Crippen LogP contribution in [0.4, 0.5) is 17.5 Å². The summed E-state index contributed by atoms with van der Waals surface area (Å²) in [4.78, 5) is 25.4. The van der Waals surface area contributed by atoms with Gasteiger partial charge in [-0.15, -0.1) is 0 Å². The van der Waals surface area contributed by atoms with E-state index in [9.17, 15) is 9.90 Å². The lowest BCUT2D eigenvalue weighted by Crippen LogP contribution is -2.13. The lowest BCUT2D eigenvalue weighted by atomic mass is 10.1.